The minimum absolute atomic E-state index is 0.0714. The van der Waals surface area contributed by atoms with Crippen LogP contribution in [0, 0.1) is 11.7 Å². The molecule has 3 heterocycles. The predicted molar refractivity (Wildman–Crippen MR) is 146 cm³/mol. The Morgan fingerprint density at radius 2 is 1.79 bits per heavy atom. The average molecular weight is 532 g/mol. The van der Waals surface area contributed by atoms with Gasteiger partial charge >= 0.3 is 0 Å². The zero-order valence-electron chi connectivity index (χ0n) is 22.2. The van der Waals surface area contributed by atoms with Gasteiger partial charge in [-0.3, -0.25) is 14.5 Å². The standard InChI is InChI=1S/C30H34FN5O3/c1-35(29-4-2-3-17-39-29)19-22-8-14-26(15-9-22)36-20-23(18-28(36)37)30(38)32-27-16-13-25(33-34-27)12-7-21-5-10-24(31)11-6-21/h5-6,8-11,13-16,23,29H,2-4,7,12,17-20H2,1H3,(H,32,34,38)/t23-,29?/m0/s1. The zero-order valence-corrected chi connectivity index (χ0v) is 22.2. The Balaban J connectivity index is 1.11. The van der Waals surface area contributed by atoms with Crippen LogP contribution in [-0.4, -0.2) is 53.3 Å². The van der Waals surface area contributed by atoms with E-state index < -0.39 is 5.92 Å². The first-order valence-corrected chi connectivity index (χ1v) is 13.5. The Kier molecular flexibility index (Phi) is 8.58. The second-order valence-corrected chi connectivity index (χ2v) is 10.3. The van der Waals surface area contributed by atoms with Crippen molar-refractivity contribution in [1.29, 1.82) is 0 Å². The van der Waals surface area contributed by atoms with Crippen LogP contribution >= 0.6 is 0 Å². The number of benzene rings is 2. The number of anilines is 2. The fraction of sp³-hybridized carbons (Fsp3) is 0.400. The smallest absolute Gasteiger partial charge is 0.231 e. The second kappa shape index (κ2) is 12.4. The number of nitrogens with zero attached hydrogens (tertiary/aromatic N) is 4. The highest BCUT2D eigenvalue weighted by atomic mass is 19.1. The lowest BCUT2D eigenvalue weighted by molar-refractivity contribution is -0.122. The van der Waals surface area contributed by atoms with Gasteiger partial charge in [0.15, 0.2) is 5.82 Å². The Hall–Kier alpha value is -3.69. The van der Waals surface area contributed by atoms with E-state index in [1.54, 1.807) is 23.1 Å². The minimum atomic E-state index is -0.466. The van der Waals surface area contributed by atoms with Gasteiger partial charge in [-0.05, 0) is 86.7 Å². The van der Waals surface area contributed by atoms with E-state index in [2.05, 4.69) is 27.5 Å². The normalized spacial score (nSPS) is 19.5. The van der Waals surface area contributed by atoms with Gasteiger partial charge in [0.05, 0.1) is 11.6 Å². The van der Waals surface area contributed by atoms with Crippen LogP contribution < -0.4 is 10.2 Å². The molecule has 0 aliphatic carbocycles. The molecule has 0 bridgehead atoms. The molecule has 1 aromatic heterocycles. The number of rotatable bonds is 9. The van der Waals surface area contributed by atoms with Crippen LogP contribution in [-0.2, 0) is 33.7 Å². The Labute approximate surface area is 228 Å². The van der Waals surface area contributed by atoms with Gasteiger partial charge < -0.3 is 15.0 Å². The number of carbonyl (C=O) groups excluding carboxylic acids is 2. The van der Waals surface area contributed by atoms with Crippen LogP contribution in [0.25, 0.3) is 0 Å². The van der Waals surface area contributed by atoms with Crippen molar-refractivity contribution >= 4 is 23.3 Å². The Morgan fingerprint density at radius 3 is 2.49 bits per heavy atom. The lowest BCUT2D eigenvalue weighted by atomic mass is 10.1. The zero-order chi connectivity index (χ0) is 27.2. The van der Waals surface area contributed by atoms with E-state index in [1.165, 1.54) is 18.6 Å². The number of amides is 2. The predicted octanol–water partition coefficient (Wildman–Crippen LogP) is 4.35. The first-order chi connectivity index (χ1) is 18.9. The number of carbonyl (C=O) groups is 2. The Morgan fingerprint density at radius 1 is 1.03 bits per heavy atom. The summed E-state index contributed by atoms with van der Waals surface area (Å²) in [5.74, 6) is -0.686. The summed E-state index contributed by atoms with van der Waals surface area (Å²) >= 11 is 0. The number of nitrogens with one attached hydrogen (secondary N) is 1. The van der Waals surface area contributed by atoms with Gasteiger partial charge in [-0.15, -0.1) is 5.10 Å². The summed E-state index contributed by atoms with van der Waals surface area (Å²) in [5, 5.41) is 11.1. The number of halogens is 1. The molecule has 8 nitrogen and oxygen atoms in total. The van der Waals surface area contributed by atoms with Gasteiger partial charge in [0.25, 0.3) is 0 Å². The quantitative estimate of drug-likeness (QED) is 0.442. The van der Waals surface area contributed by atoms with Crippen LogP contribution in [0.2, 0.25) is 0 Å². The highest BCUT2D eigenvalue weighted by molar-refractivity contribution is 6.03. The number of ether oxygens (including phenoxy) is 1. The van der Waals surface area contributed by atoms with Crippen molar-refractivity contribution in [1.82, 2.24) is 15.1 Å². The summed E-state index contributed by atoms with van der Waals surface area (Å²) in [6.07, 6.45) is 5.04. The van der Waals surface area contributed by atoms with E-state index in [0.29, 0.717) is 25.2 Å². The third-order valence-corrected chi connectivity index (χ3v) is 7.38. The Bertz CT molecular complexity index is 1260. The van der Waals surface area contributed by atoms with E-state index in [9.17, 15) is 14.0 Å². The molecule has 2 atom stereocenters. The third kappa shape index (κ3) is 7.04. The van der Waals surface area contributed by atoms with E-state index in [0.717, 1.165) is 48.5 Å². The lowest BCUT2D eigenvalue weighted by Crippen LogP contribution is -2.36. The molecule has 2 aliphatic heterocycles. The number of aromatic nitrogens is 2. The molecule has 0 saturated carbocycles. The van der Waals surface area contributed by atoms with Crippen LogP contribution in [0.4, 0.5) is 15.9 Å². The van der Waals surface area contributed by atoms with Gasteiger partial charge in [0.2, 0.25) is 11.8 Å². The molecule has 39 heavy (non-hydrogen) atoms. The van der Waals surface area contributed by atoms with E-state index in [1.807, 2.05) is 30.3 Å². The molecule has 1 N–H and O–H groups in total. The largest absolute Gasteiger partial charge is 0.363 e. The molecule has 2 aromatic carbocycles. The van der Waals surface area contributed by atoms with Crippen LogP contribution in [0.3, 0.4) is 0 Å². The van der Waals surface area contributed by atoms with Crippen molar-refractivity contribution in [3.05, 3.63) is 83.3 Å². The molecule has 2 saturated heterocycles. The minimum Gasteiger partial charge on any atom is -0.363 e. The number of hydrogen-bond donors (Lipinski definition) is 1. The maximum absolute atomic E-state index is 13.1. The molecule has 2 fully saturated rings. The molecule has 0 radical (unpaired) electrons. The summed E-state index contributed by atoms with van der Waals surface area (Å²) in [5.41, 5.74) is 3.74. The number of aryl methyl sites for hydroxylation is 2. The van der Waals surface area contributed by atoms with Gasteiger partial charge in [-0.2, -0.15) is 5.10 Å². The molecular weight excluding hydrogens is 497 g/mol. The van der Waals surface area contributed by atoms with Gasteiger partial charge in [0.1, 0.15) is 12.0 Å². The van der Waals surface area contributed by atoms with E-state index in [-0.39, 0.29) is 30.3 Å². The average Bonchev–Trinajstić information content (AvgIpc) is 3.36. The van der Waals surface area contributed by atoms with Gasteiger partial charge in [-0.1, -0.05) is 24.3 Å². The summed E-state index contributed by atoms with van der Waals surface area (Å²) < 4.78 is 18.9. The lowest BCUT2D eigenvalue weighted by Gasteiger charge is -2.31. The first kappa shape index (κ1) is 26.9. The SMILES string of the molecule is CN(Cc1ccc(N2C[C@@H](C(=O)Nc3ccc(CCc4ccc(F)cc4)nn3)CC2=O)cc1)C1CCCCO1. The van der Waals surface area contributed by atoms with Crippen molar-refractivity contribution in [3.63, 3.8) is 0 Å². The van der Waals surface area contributed by atoms with E-state index in [4.69, 9.17) is 4.74 Å². The van der Waals surface area contributed by atoms with Crippen molar-refractivity contribution in [2.75, 3.05) is 30.4 Å². The topological polar surface area (TPSA) is 87.7 Å². The molecule has 2 aliphatic rings. The maximum Gasteiger partial charge on any atom is 0.231 e. The van der Waals surface area contributed by atoms with Crippen molar-refractivity contribution in [3.8, 4) is 0 Å². The van der Waals surface area contributed by atoms with Crippen LogP contribution in [0.1, 0.15) is 42.5 Å². The maximum atomic E-state index is 13.1. The highest BCUT2D eigenvalue weighted by Crippen LogP contribution is 2.27. The van der Waals surface area contributed by atoms with Crippen molar-refractivity contribution in [2.24, 2.45) is 5.92 Å². The molecule has 1 unspecified atom stereocenters. The molecule has 3 aromatic rings. The van der Waals surface area contributed by atoms with Gasteiger partial charge in [-0.25, -0.2) is 4.39 Å². The second-order valence-electron chi connectivity index (χ2n) is 10.3. The third-order valence-electron chi connectivity index (χ3n) is 7.38. The summed E-state index contributed by atoms with van der Waals surface area (Å²) in [6, 6.07) is 17.9. The van der Waals surface area contributed by atoms with E-state index >= 15 is 0 Å². The number of hydrogen-bond acceptors (Lipinski definition) is 6. The molecule has 0 spiro atoms. The molecule has 9 heteroatoms. The highest BCUT2D eigenvalue weighted by Gasteiger charge is 2.35. The van der Waals surface area contributed by atoms with Crippen molar-refractivity contribution < 1.29 is 18.7 Å². The summed E-state index contributed by atoms with van der Waals surface area (Å²) in [7, 11) is 2.07. The van der Waals surface area contributed by atoms with Crippen LogP contribution in [0.15, 0.2) is 60.7 Å². The van der Waals surface area contributed by atoms with Crippen LogP contribution in [0.5, 0.6) is 0 Å². The molecule has 5 rings (SSSR count). The fourth-order valence-electron chi connectivity index (χ4n) is 5.09. The molecular formula is C30H34FN5O3. The van der Waals surface area contributed by atoms with Gasteiger partial charge in [0, 0.05) is 31.8 Å². The fourth-order valence-corrected chi connectivity index (χ4v) is 5.09. The summed E-state index contributed by atoms with van der Waals surface area (Å²) in [6.45, 7) is 1.91. The summed E-state index contributed by atoms with van der Waals surface area (Å²) in [4.78, 5) is 29.5. The molecule has 2 amide bonds. The first-order valence-electron chi connectivity index (χ1n) is 13.5. The van der Waals surface area contributed by atoms with Crippen molar-refractivity contribution in [2.45, 2.75) is 51.3 Å². The molecule has 204 valence electrons. The monoisotopic (exact) mass is 531 g/mol.